The van der Waals surface area contributed by atoms with Gasteiger partial charge in [-0.05, 0) is 37.7 Å². The van der Waals surface area contributed by atoms with Gasteiger partial charge in [-0.1, -0.05) is 22.0 Å². The summed E-state index contributed by atoms with van der Waals surface area (Å²) in [7, 11) is 3.74. The van der Waals surface area contributed by atoms with Crippen LogP contribution in [0.2, 0.25) is 0 Å². The molecule has 1 aromatic heterocycles. The number of likely N-dealkylation sites (N-methyl/N-ethyl adjacent to an activating group) is 1. The second kappa shape index (κ2) is 8.84. The van der Waals surface area contributed by atoms with Crippen molar-refractivity contribution >= 4 is 33.1 Å². The third-order valence-electron chi connectivity index (χ3n) is 5.55. The van der Waals surface area contributed by atoms with Gasteiger partial charge in [0.1, 0.15) is 23.9 Å². The van der Waals surface area contributed by atoms with Gasteiger partial charge in [-0.25, -0.2) is 4.98 Å². The molecule has 2 aliphatic heterocycles. The molecule has 8 nitrogen and oxygen atoms in total. The summed E-state index contributed by atoms with van der Waals surface area (Å²) in [4.78, 5) is 11.0. The van der Waals surface area contributed by atoms with Gasteiger partial charge in [0.05, 0.1) is 7.11 Å². The van der Waals surface area contributed by atoms with Crippen LogP contribution in [0.3, 0.4) is 0 Å². The first-order valence-corrected chi connectivity index (χ1v) is 11.2. The molecule has 0 amide bonds. The predicted molar refractivity (Wildman–Crippen MR) is 126 cm³/mol. The van der Waals surface area contributed by atoms with E-state index in [2.05, 4.69) is 48.5 Å². The molecule has 0 saturated carbocycles. The Labute approximate surface area is 195 Å². The standard InChI is InChI=1S/C23H24BrN5O3/c1-29-7-6-17(12-29)31-20-8-14-11-25-21-22(28-16-5-3-4-15(24)9-16)26-13-27-23(21)32-18(14)10-19(20)30-2/h3-5,8-10,13,17,25H,6-7,11-12H2,1-2H3,(H,26,27,28). The number of hydrogen-bond donors (Lipinski definition) is 2. The number of likely N-dealkylation sites (tertiary alicyclic amines) is 1. The lowest BCUT2D eigenvalue weighted by Crippen LogP contribution is -2.21. The minimum absolute atomic E-state index is 0.149. The Morgan fingerprint density at radius 3 is 2.91 bits per heavy atom. The molecule has 166 valence electrons. The van der Waals surface area contributed by atoms with Crippen molar-refractivity contribution in [3.05, 3.63) is 52.8 Å². The largest absolute Gasteiger partial charge is 0.493 e. The normalized spacial score (nSPS) is 17.4. The molecule has 0 aliphatic carbocycles. The molecule has 1 atom stereocenters. The maximum absolute atomic E-state index is 6.27. The fraction of sp³-hybridized carbons (Fsp3) is 0.304. The predicted octanol–water partition coefficient (Wildman–Crippen LogP) is 4.79. The van der Waals surface area contributed by atoms with Gasteiger partial charge in [0, 0.05) is 41.4 Å². The third kappa shape index (κ3) is 4.31. The van der Waals surface area contributed by atoms with E-state index in [1.54, 1.807) is 7.11 Å². The van der Waals surface area contributed by atoms with Gasteiger partial charge in [0.15, 0.2) is 17.3 Å². The highest BCUT2D eigenvalue weighted by molar-refractivity contribution is 9.10. The molecular formula is C23H24BrN5O3. The van der Waals surface area contributed by atoms with E-state index >= 15 is 0 Å². The average molecular weight is 498 g/mol. The summed E-state index contributed by atoms with van der Waals surface area (Å²) in [6.07, 6.45) is 2.63. The van der Waals surface area contributed by atoms with Crippen LogP contribution in [0, 0.1) is 0 Å². The summed E-state index contributed by atoms with van der Waals surface area (Å²) >= 11 is 3.50. The Hall–Kier alpha value is -3.04. The van der Waals surface area contributed by atoms with Crippen LogP contribution in [-0.2, 0) is 6.54 Å². The zero-order valence-electron chi connectivity index (χ0n) is 17.9. The number of methoxy groups -OCH3 is 1. The van der Waals surface area contributed by atoms with Gasteiger partial charge in [-0.3, -0.25) is 0 Å². The first kappa shape index (κ1) is 20.8. The number of rotatable bonds is 5. The van der Waals surface area contributed by atoms with E-state index in [4.69, 9.17) is 14.2 Å². The molecule has 9 heteroatoms. The molecule has 32 heavy (non-hydrogen) atoms. The van der Waals surface area contributed by atoms with Crippen molar-refractivity contribution in [1.82, 2.24) is 14.9 Å². The Kier molecular flexibility index (Phi) is 5.75. The number of benzene rings is 2. The van der Waals surface area contributed by atoms with Crippen LogP contribution in [0.5, 0.6) is 23.1 Å². The van der Waals surface area contributed by atoms with Crippen LogP contribution in [0.15, 0.2) is 47.2 Å². The van der Waals surface area contributed by atoms with E-state index in [1.165, 1.54) is 6.33 Å². The lowest BCUT2D eigenvalue weighted by atomic mass is 10.1. The van der Waals surface area contributed by atoms with Crippen molar-refractivity contribution in [3.63, 3.8) is 0 Å². The summed E-state index contributed by atoms with van der Waals surface area (Å²) in [5.74, 6) is 3.13. The summed E-state index contributed by atoms with van der Waals surface area (Å²) in [6.45, 7) is 2.47. The summed E-state index contributed by atoms with van der Waals surface area (Å²) in [5.41, 5.74) is 2.56. The Bertz CT molecular complexity index is 1140. The fourth-order valence-corrected chi connectivity index (χ4v) is 4.33. The Balaban J connectivity index is 1.43. The molecule has 3 heterocycles. The number of fused-ring (bicyclic) bond motifs is 2. The van der Waals surface area contributed by atoms with Crippen molar-refractivity contribution in [3.8, 4) is 23.1 Å². The first-order chi connectivity index (χ1) is 15.6. The van der Waals surface area contributed by atoms with Crippen LogP contribution in [-0.4, -0.2) is 48.2 Å². The minimum atomic E-state index is 0.149. The lowest BCUT2D eigenvalue weighted by Gasteiger charge is -2.18. The number of anilines is 3. The summed E-state index contributed by atoms with van der Waals surface area (Å²) < 4.78 is 19.0. The number of ether oxygens (including phenoxy) is 3. The maximum atomic E-state index is 6.27. The summed E-state index contributed by atoms with van der Waals surface area (Å²) in [6, 6.07) is 11.7. The average Bonchev–Trinajstić information content (AvgIpc) is 3.09. The van der Waals surface area contributed by atoms with Gasteiger partial charge < -0.3 is 29.7 Å². The molecule has 0 spiro atoms. The first-order valence-electron chi connectivity index (χ1n) is 10.4. The highest BCUT2D eigenvalue weighted by atomic mass is 79.9. The van der Waals surface area contributed by atoms with Crippen LogP contribution in [0.1, 0.15) is 12.0 Å². The second-order valence-electron chi connectivity index (χ2n) is 7.89. The number of halogens is 1. The maximum Gasteiger partial charge on any atom is 0.248 e. The Morgan fingerprint density at radius 1 is 1.22 bits per heavy atom. The molecule has 0 radical (unpaired) electrons. The molecule has 3 aromatic rings. The highest BCUT2D eigenvalue weighted by Crippen LogP contribution is 2.43. The molecule has 1 fully saturated rings. The van der Waals surface area contributed by atoms with Gasteiger partial charge in [0.25, 0.3) is 0 Å². The fourth-order valence-electron chi connectivity index (χ4n) is 3.93. The minimum Gasteiger partial charge on any atom is -0.493 e. The molecule has 1 saturated heterocycles. The number of nitrogens with zero attached hydrogens (tertiary/aromatic N) is 3. The van der Waals surface area contributed by atoms with Crippen molar-refractivity contribution < 1.29 is 14.2 Å². The number of aromatic nitrogens is 2. The van der Waals surface area contributed by atoms with Crippen molar-refractivity contribution in [2.45, 2.75) is 19.1 Å². The van der Waals surface area contributed by atoms with Crippen molar-refractivity contribution in [1.29, 1.82) is 0 Å². The third-order valence-corrected chi connectivity index (χ3v) is 6.04. The number of hydrogen-bond acceptors (Lipinski definition) is 8. The molecule has 2 N–H and O–H groups in total. The van der Waals surface area contributed by atoms with Crippen molar-refractivity contribution in [2.24, 2.45) is 0 Å². The molecule has 5 rings (SSSR count). The topological polar surface area (TPSA) is 80.8 Å². The molecular weight excluding hydrogens is 474 g/mol. The second-order valence-corrected chi connectivity index (χ2v) is 8.81. The number of nitrogens with one attached hydrogen (secondary N) is 2. The lowest BCUT2D eigenvalue weighted by molar-refractivity contribution is 0.199. The molecule has 0 bridgehead atoms. The van der Waals surface area contributed by atoms with Crippen LogP contribution < -0.4 is 24.8 Å². The van der Waals surface area contributed by atoms with Gasteiger partial charge in [-0.15, -0.1) is 0 Å². The van der Waals surface area contributed by atoms with Crippen molar-refractivity contribution in [2.75, 3.05) is 37.9 Å². The zero-order valence-corrected chi connectivity index (χ0v) is 19.5. The van der Waals surface area contributed by atoms with E-state index in [-0.39, 0.29) is 6.10 Å². The van der Waals surface area contributed by atoms with E-state index in [9.17, 15) is 0 Å². The SMILES string of the molecule is COc1cc2c(cc1OC1CCN(C)C1)CNc1c(Nc3cccc(Br)c3)ncnc1O2. The highest BCUT2D eigenvalue weighted by Gasteiger charge is 2.25. The smallest absolute Gasteiger partial charge is 0.248 e. The van der Waals surface area contributed by atoms with Crippen LogP contribution in [0.4, 0.5) is 17.2 Å². The quantitative estimate of drug-likeness (QED) is 0.520. The molecule has 2 aromatic carbocycles. The zero-order chi connectivity index (χ0) is 22.1. The van der Waals surface area contributed by atoms with E-state index in [0.29, 0.717) is 35.4 Å². The van der Waals surface area contributed by atoms with Gasteiger partial charge >= 0.3 is 0 Å². The Morgan fingerprint density at radius 2 is 2.12 bits per heavy atom. The summed E-state index contributed by atoms with van der Waals surface area (Å²) in [5, 5.41) is 6.76. The van der Waals surface area contributed by atoms with E-state index in [0.717, 1.165) is 41.0 Å². The van der Waals surface area contributed by atoms with Gasteiger partial charge in [0.2, 0.25) is 5.88 Å². The van der Waals surface area contributed by atoms with E-state index in [1.807, 2.05) is 36.4 Å². The monoisotopic (exact) mass is 497 g/mol. The molecule has 2 aliphatic rings. The van der Waals surface area contributed by atoms with Crippen LogP contribution >= 0.6 is 15.9 Å². The van der Waals surface area contributed by atoms with E-state index < -0.39 is 0 Å². The van der Waals surface area contributed by atoms with Gasteiger partial charge in [-0.2, -0.15) is 4.98 Å². The van der Waals surface area contributed by atoms with Crippen LogP contribution in [0.25, 0.3) is 0 Å². The molecule has 1 unspecified atom stereocenters.